The van der Waals surface area contributed by atoms with Crippen LogP contribution in [0.25, 0.3) is 21.5 Å². The fraction of sp³-hybridized carbons (Fsp3) is 0.135. The molecule has 4 nitrogen and oxygen atoms in total. The lowest BCUT2D eigenvalue weighted by Crippen LogP contribution is -2.54. The van der Waals surface area contributed by atoms with E-state index in [1.54, 1.807) is 0 Å². The molecule has 0 aliphatic carbocycles. The number of nitrogens with zero attached hydrogens (tertiary/aromatic N) is 1. The van der Waals surface area contributed by atoms with Gasteiger partial charge in [0.05, 0.1) is 24.2 Å². The molecule has 3 atom stereocenters. The van der Waals surface area contributed by atoms with E-state index in [0.29, 0.717) is 0 Å². The lowest BCUT2D eigenvalue weighted by atomic mass is 9.93. The van der Waals surface area contributed by atoms with Gasteiger partial charge in [0.2, 0.25) is 0 Å². The van der Waals surface area contributed by atoms with E-state index in [1.165, 1.54) is 54.4 Å². The van der Waals surface area contributed by atoms with E-state index in [4.69, 9.17) is 0 Å². The Balaban J connectivity index is 1.26. The van der Waals surface area contributed by atoms with Crippen molar-refractivity contribution in [3.05, 3.63) is 156 Å². The molecule has 6 aromatic rings. The SMILES string of the molecule is CN1c2c(ccc3cc(C4NC(c5ccccc5)NC(c5ccccc5)N4)c4ccccc4c23)SC1c1ccccc1. The van der Waals surface area contributed by atoms with Crippen LogP contribution < -0.4 is 20.9 Å². The number of anilines is 1. The van der Waals surface area contributed by atoms with E-state index in [0.717, 1.165) is 0 Å². The van der Waals surface area contributed by atoms with Crippen LogP contribution in [-0.2, 0) is 0 Å². The summed E-state index contributed by atoms with van der Waals surface area (Å²) in [5.41, 5.74) is 6.35. The molecule has 1 fully saturated rings. The van der Waals surface area contributed by atoms with Gasteiger partial charge in [-0.05, 0) is 50.5 Å². The maximum absolute atomic E-state index is 3.90. The molecule has 3 unspecified atom stereocenters. The highest BCUT2D eigenvalue weighted by atomic mass is 32.2. The monoisotopic (exact) mass is 564 g/mol. The molecule has 206 valence electrons. The summed E-state index contributed by atoms with van der Waals surface area (Å²) >= 11 is 1.94. The quantitative estimate of drug-likeness (QED) is 0.188. The topological polar surface area (TPSA) is 39.3 Å². The van der Waals surface area contributed by atoms with Crippen molar-refractivity contribution in [2.75, 3.05) is 11.9 Å². The Morgan fingerprint density at radius 1 is 0.548 bits per heavy atom. The number of hydrogen-bond donors (Lipinski definition) is 3. The van der Waals surface area contributed by atoms with Crippen molar-refractivity contribution in [3.63, 3.8) is 0 Å². The highest BCUT2D eigenvalue weighted by molar-refractivity contribution is 8.00. The van der Waals surface area contributed by atoms with Crippen LogP contribution in [0.5, 0.6) is 0 Å². The van der Waals surface area contributed by atoms with Gasteiger partial charge >= 0.3 is 0 Å². The Hall–Kier alpha value is -4.13. The van der Waals surface area contributed by atoms with Crippen LogP contribution >= 0.6 is 11.8 Å². The van der Waals surface area contributed by atoms with Crippen molar-refractivity contribution < 1.29 is 0 Å². The third kappa shape index (κ3) is 4.37. The van der Waals surface area contributed by atoms with E-state index >= 15 is 0 Å². The fourth-order valence-corrected chi connectivity index (χ4v) is 7.90. The van der Waals surface area contributed by atoms with Crippen molar-refractivity contribution in [2.24, 2.45) is 0 Å². The maximum atomic E-state index is 3.90. The Morgan fingerprint density at radius 2 is 1.07 bits per heavy atom. The molecule has 8 rings (SSSR count). The molecule has 2 aliphatic heterocycles. The molecule has 5 heteroatoms. The summed E-state index contributed by atoms with van der Waals surface area (Å²) in [6, 6.07) is 48.1. The third-order valence-corrected chi connectivity index (χ3v) is 9.99. The summed E-state index contributed by atoms with van der Waals surface area (Å²) in [7, 11) is 2.24. The molecule has 0 aromatic heterocycles. The molecule has 0 saturated carbocycles. The summed E-state index contributed by atoms with van der Waals surface area (Å²) in [5, 5.41) is 17.0. The van der Waals surface area contributed by atoms with Gasteiger partial charge in [-0.15, -0.1) is 0 Å². The number of hydrogen-bond acceptors (Lipinski definition) is 5. The van der Waals surface area contributed by atoms with Crippen LogP contribution in [-0.4, -0.2) is 7.05 Å². The Bertz CT molecular complexity index is 1830. The molecular formula is C37H32N4S. The van der Waals surface area contributed by atoms with Gasteiger partial charge in [0.25, 0.3) is 0 Å². The number of rotatable bonds is 4. The van der Waals surface area contributed by atoms with Crippen LogP contribution in [0.3, 0.4) is 0 Å². The molecule has 6 aromatic carbocycles. The minimum absolute atomic E-state index is 0.00806. The third-order valence-electron chi connectivity index (χ3n) is 8.60. The molecular weight excluding hydrogens is 533 g/mol. The summed E-state index contributed by atoms with van der Waals surface area (Å²) in [6.07, 6.45) is -0.0778. The van der Waals surface area contributed by atoms with Gasteiger partial charge in [-0.1, -0.05) is 133 Å². The zero-order chi connectivity index (χ0) is 28.0. The first-order valence-corrected chi connectivity index (χ1v) is 15.4. The van der Waals surface area contributed by atoms with E-state index in [9.17, 15) is 0 Å². The molecule has 0 radical (unpaired) electrons. The summed E-state index contributed by atoms with van der Waals surface area (Å²) in [4.78, 5) is 3.80. The van der Waals surface area contributed by atoms with E-state index in [-0.39, 0.29) is 23.9 Å². The zero-order valence-electron chi connectivity index (χ0n) is 23.4. The number of fused-ring (bicyclic) bond motifs is 5. The summed E-state index contributed by atoms with van der Waals surface area (Å²) in [6.45, 7) is 0. The van der Waals surface area contributed by atoms with Gasteiger partial charge in [0.15, 0.2) is 0 Å². The Morgan fingerprint density at radius 3 is 1.69 bits per heavy atom. The second-order valence-electron chi connectivity index (χ2n) is 11.1. The Labute approximate surface area is 250 Å². The van der Waals surface area contributed by atoms with Crippen molar-refractivity contribution in [1.29, 1.82) is 0 Å². The summed E-state index contributed by atoms with van der Waals surface area (Å²) in [5.74, 6) is 0. The van der Waals surface area contributed by atoms with Crippen LogP contribution in [0, 0.1) is 0 Å². The largest absolute Gasteiger partial charge is 0.357 e. The average molecular weight is 565 g/mol. The molecule has 2 heterocycles. The van der Waals surface area contributed by atoms with Gasteiger partial charge in [-0.25, -0.2) is 0 Å². The standard InChI is InChI=1S/C37H32N4S/c1-41-33-31(42-37(41)26-17-9-4-10-18-26)22-21-27-23-30(28-19-11-12-20-29(28)32(27)33)36-39-34(24-13-5-2-6-14-24)38-35(40-36)25-15-7-3-8-16-25/h2-23,34-40H,1H3. The molecule has 1 saturated heterocycles. The molecule has 0 amide bonds. The smallest absolute Gasteiger partial charge is 0.105 e. The Kier molecular flexibility index (Phi) is 6.46. The van der Waals surface area contributed by atoms with Crippen molar-refractivity contribution in [1.82, 2.24) is 16.0 Å². The van der Waals surface area contributed by atoms with E-state index < -0.39 is 0 Å². The molecule has 2 aliphatic rings. The van der Waals surface area contributed by atoms with E-state index in [2.05, 4.69) is 161 Å². The minimum atomic E-state index is -0.0617. The minimum Gasteiger partial charge on any atom is -0.357 e. The maximum Gasteiger partial charge on any atom is 0.105 e. The lowest BCUT2D eigenvalue weighted by molar-refractivity contribution is 0.204. The first-order valence-electron chi connectivity index (χ1n) is 14.6. The average Bonchev–Trinajstić information content (AvgIpc) is 3.41. The van der Waals surface area contributed by atoms with Crippen molar-refractivity contribution >= 4 is 39.0 Å². The first kappa shape index (κ1) is 25.6. The lowest BCUT2D eigenvalue weighted by Gasteiger charge is -2.40. The molecule has 3 N–H and O–H groups in total. The molecule has 42 heavy (non-hydrogen) atoms. The second-order valence-corrected chi connectivity index (χ2v) is 12.3. The fourth-order valence-electron chi connectivity index (χ4n) is 6.60. The predicted octanol–water partition coefficient (Wildman–Crippen LogP) is 8.41. The highest BCUT2D eigenvalue weighted by Gasteiger charge is 2.33. The summed E-state index contributed by atoms with van der Waals surface area (Å²) < 4.78 is 0. The van der Waals surface area contributed by atoms with Gasteiger partial charge in [0, 0.05) is 17.3 Å². The normalized spacial score (nSPS) is 22.0. The number of thioether (sulfide) groups is 1. The first-order chi connectivity index (χ1) is 20.7. The molecule has 0 spiro atoms. The predicted molar refractivity (Wildman–Crippen MR) is 175 cm³/mol. The number of nitrogens with one attached hydrogen (secondary N) is 3. The van der Waals surface area contributed by atoms with Crippen LogP contribution in [0.15, 0.2) is 138 Å². The van der Waals surface area contributed by atoms with Crippen LogP contribution in [0.1, 0.15) is 46.1 Å². The zero-order valence-corrected chi connectivity index (χ0v) is 24.2. The van der Waals surface area contributed by atoms with Crippen LogP contribution in [0.2, 0.25) is 0 Å². The number of benzene rings is 6. The van der Waals surface area contributed by atoms with Gasteiger partial charge in [-0.3, -0.25) is 16.0 Å². The highest BCUT2D eigenvalue weighted by Crippen LogP contribution is 2.54. The second kappa shape index (κ2) is 10.6. The van der Waals surface area contributed by atoms with Gasteiger partial charge < -0.3 is 4.90 Å². The van der Waals surface area contributed by atoms with Crippen molar-refractivity contribution in [3.8, 4) is 0 Å². The molecule has 0 bridgehead atoms. The van der Waals surface area contributed by atoms with Gasteiger partial charge in [-0.2, -0.15) is 0 Å². The van der Waals surface area contributed by atoms with Crippen LogP contribution in [0.4, 0.5) is 5.69 Å². The van der Waals surface area contributed by atoms with Gasteiger partial charge in [0.1, 0.15) is 5.37 Å². The van der Waals surface area contributed by atoms with E-state index in [1.807, 2.05) is 11.8 Å². The van der Waals surface area contributed by atoms with Crippen molar-refractivity contribution in [2.45, 2.75) is 28.8 Å².